The number of nitrogens with two attached hydrogens (primary N) is 1. The summed E-state index contributed by atoms with van der Waals surface area (Å²) in [5.41, 5.74) is 4.34. The number of nitrogens with one attached hydrogen (secondary N) is 2. The Kier molecular flexibility index (Phi) is 22.6. The number of rotatable bonds is 31. The summed E-state index contributed by atoms with van der Waals surface area (Å²) >= 11 is 1.76. The van der Waals surface area contributed by atoms with Crippen molar-refractivity contribution in [2.75, 3.05) is 43.5 Å². The molecule has 2 aromatic heterocycles. The second-order valence-corrected chi connectivity index (χ2v) is 20.7. The Balaban J connectivity index is 1.35. The van der Waals surface area contributed by atoms with Gasteiger partial charge < -0.3 is 50.9 Å². The molecule has 1 saturated heterocycles. The van der Waals surface area contributed by atoms with Crippen LogP contribution in [0, 0.1) is 5.41 Å². The number of fused-ring (bicyclic) bond motifs is 1. The van der Waals surface area contributed by atoms with E-state index in [2.05, 4.69) is 53.5 Å². The fraction of sp³-hybridized carbons (Fsp3) is 0.743. The van der Waals surface area contributed by atoms with Gasteiger partial charge in [-0.1, -0.05) is 71.4 Å². The molecule has 1 aliphatic rings. The van der Waals surface area contributed by atoms with Crippen LogP contribution in [0.25, 0.3) is 11.2 Å². The van der Waals surface area contributed by atoms with E-state index in [0.717, 1.165) is 41.6 Å². The monoisotopic (exact) mass is 961 g/mol. The van der Waals surface area contributed by atoms with Gasteiger partial charge in [0.15, 0.2) is 17.7 Å². The lowest BCUT2D eigenvalue weighted by molar-refractivity contribution is -0.137. The van der Waals surface area contributed by atoms with Crippen molar-refractivity contribution in [3.63, 3.8) is 0 Å². The normalized spacial score (nSPS) is 20.9. The number of unbranched alkanes of at least 4 members (excludes halogenated alkanes) is 8. The number of allylic oxidation sites excluding steroid dienone is 2. The molecule has 3 rings (SSSR count). The molecule has 0 spiro atoms. The zero-order valence-corrected chi connectivity index (χ0v) is 38.6. The number of carbonyl (C=O) groups excluding carboxylic acids is 2. The first-order valence-electron chi connectivity index (χ1n) is 20.3. The summed E-state index contributed by atoms with van der Waals surface area (Å²) in [6.45, 7) is 3.16. The van der Waals surface area contributed by atoms with Crippen molar-refractivity contribution in [2.24, 2.45) is 5.41 Å². The molecular weight excluding hydrogens is 899 g/mol. The van der Waals surface area contributed by atoms with Crippen molar-refractivity contribution in [1.82, 2.24) is 30.2 Å². The van der Waals surface area contributed by atoms with Crippen molar-refractivity contribution in [2.45, 2.75) is 122 Å². The molecule has 10 N–H and O–H groups in total. The second kappa shape index (κ2) is 25.9. The average molecular weight is 962 g/mol. The van der Waals surface area contributed by atoms with E-state index in [-0.39, 0.29) is 35.9 Å². The molecule has 0 bridgehead atoms. The number of thioether (sulfide) groups is 1. The lowest BCUT2D eigenvalue weighted by Crippen LogP contribution is -2.46. The first-order valence-corrected chi connectivity index (χ1v) is 26.0. The minimum absolute atomic E-state index is 0.0329. The van der Waals surface area contributed by atoms with Crippen LogP contribution in [0.2, 0.25) is 0 Å². The van der Waals surface area contributed by atoms with Crippen LogP contribution in [0.3, 0.4) is 0 Å². The molecule has 0 aromatic carbocycles. The number of anilines is 1. The van der Waals surface area contributed by atoms with E-state index in [1.54, 1.807) is 11.8 Å². The summed E-state index contributed by atoms with van der Waals surface area (Å²) in [5.74, 6) is 0.503. The molecule has 3 heterocycles. The maximum absolute atomic E-state index is 12.7. The molecular formula is C35H62N7O16P3S. The van der Waals surface area contributed by atoms with Gasteiger partial charge in [0, 0.05) is 30.7 Å². The van der Waals surface area contributed by atoms with E-state index < -0.39 is 78.6 Å². The van der Waals surface area contributed by atoms with Crippen molar-refractivity contribution >= 4 is 64.0 Å². The standard InChI is InChI=1S/C35H62N7O16P3S/c1-4-5-6-7-8-9-10-11-12-13-14-15-19-62-20-18-37-26(43)16-17-38-33(46)30(45)35(2,3)22-55-61(52,53)58-60(50,51)54-21-25-29(57-59(47,48)49)28(44)34(56-25)42-24-41-27-31(36)39-23-40-32(27)42/h7-8,23-25,28-30,34,44-45H,4-6,9-22H2,1-3H3,(H,37,43)(H,38,46)(H,50,51)(H,52,53)(H2,36,39,40)(H2,47,48,49)/b8-7-/t25-,28-,29-,30?,34-/m1/s1. The Morgan fingerprint density at radius 2 is 1.61 bits per heavy atom. The van der Waals surface area contributed by atoms with Crippen LogP contribution in [-0.4, -0.2) is 123 Å². The molecule has 1 aliphatic heterocycles. The van der Waals surface area contributed by atoms with Crippen molar-refractivity contribution in [1.29, 1.82) is 0 Å². The molecule has 2 amide bonds. The van der Waals surface area contributed by atoms with E-state index >= 15 is 0 Å². The highest BCUT2D eigenvalue weighted by Gasteiger charge is 2.50. The summed E-state index contributed by atoms with van der Waals surface area (Å²) in [6.07, 6.45) is 9.97. The van der Waals surface area contributed by atoms with Crippen LogP contribution in [-0.2, 0) is 45.9 Å². The third kappa shape index (κ3) is 19.0. The quantitative estimate of drug-likeness (QED) is 0.0296. The average Bonchev–Trinajstić information content (AvgIpc) is 3.75. The number of phosphoric acid groups is 3. The number of carbonyl (C=O) groups is 2. The van der Waals surface area contributed by atoms with Crippen molar-refractivity contribution < 1.29 is 75.7 Å². The van der Waals surface area contributed by atoms with Gasteiger partial charge in [-0.25, -0.2) is 28.6 Å². The molecule has 62 heavy (non-hydrogen) atoms. The Morgan fingerprint density at radius 3 is 2.31 bits per heavy atom. The van der Waals surface area contributed by atoms with Gasteiger partial charge in [0.2, 0.25) is 11.8 Å². The van der Waals surface area contributed by atoms with Crippen LogP contribution in [0.15, 0.2) is 24.8 Å². The maximum atomic E-state index is 12.7. The van der Waals surface area contributed by atoms with Crippen LogP contribution < -0.4 is 16.4 Å². The van der Waals surface area contributed by atoms with Crippen molar-refractivity contribution in [3.05, 3.63) is 24.8 Å². The first-order chi connectivity index (χ1) is 29.2. The highest BCUT2D eigenvalue weighted by atomic mass is 32.2. The lowest BCUT2D eigenvalue weighted by atomic mass is 9.87. The van der Waals surface area contributed by atoms with Crippen molar-refractivity contribution in [3.8, 4) is 0 Å². The van der Waals surface area contributed by atoms with Gasteiger partial charge in [-0.15, -0.1) is 0 Å². The molecule has 27 heteroatoms. The minimum Gasteiger partial charge on any atom is -0.386 e. The number of aromatic nitrogens is 4. The van der Waals surface area contributed by atoms with Gasteiger partial charge in [0.25, 0.3) is 0 Å². The molecule has 2 aromatic rings. The molecule has 0 saturated carbocycles. The number of nitrogens with zero attached hydrogens (tertiary/aromatic N) is 4. The van der Waals surface area contributed by atoms with Crippen LogP contribution >= 0.6 is 35.2 Å². The number of phosphoric ester groups is 3. The fourth-order valence-electron chi connectivity index (χ4n) is 6.04. The van der Waals surface area contributed by atoms with Crippen LogP contribution in [0.5, 0.6) is 0 Å². The Bertz CT molecular complexity index is 1890. The Hall–Kier alpha value is -2.37. The molecule has 23 nitrogen and oxygen atoms in total. The zero-order valence-electron chi connectivity index (χ0n) is 35.1. The summed E-state index contributed by atoms with van der Waals surface area (Å²) in [7, 11) is -16.3. The van der Waals surface area contributed by atoms with E-state index in [0.29, 0.717) is 6.54 Å². The smallest absolute Gasteiger partial charge is 0.386 e. The SMILES string of the molecule is CCCC/C=C\CCCCCCCCSCCNC(=O)CCNC(=O)C(O)C(C)(C)COP(=O)(O)OP(=O)(O)OC[C@H]1O[C@@H](n2cnc3c(N)ncnc32)[C@H](O)[C@@H]1OP(=O)(O)O. The van der Waals surface area contributed by atoms with Gasteiger partial charge in [0.1, 0.15) is 36.3 Å². The molecule has 354 valence electrons. The number of ether oxygens (including phenoxy) is 1. The van der Waals surface area contributed by atoms with E-state index in [4.69, 9.17) is 19.5 Å². The first kappa shape index (κ1) is 54.0. The number of aliphatic hydroxyl groups excluding tert-OH is 2. The van der Waals surface area contributed by atoms with Gasteiger partial charge in [-0.2, -0.15) is 16.1 Å². The number of amides is 2. The largest absolute Gasteiger partial charge is 0.481 e. The summed E-state index contributed by atoms with van der Waals surface area (Å²) in [6, 6.07) is 0. The Morgan fingerprint density at radius 1 is 0.952 bits per heavy atom. The summed E-state index contributed by atoms with van der Waals surface area (Å²) in [5, 5.41) is 26.7. The zero-order chi connectivity index (χ0) is 46.0. The molecule has 1 fully saturated rings. The number of imidazole rings is 1. The minimum atomic E-state index is -5.55. The fourth-order valence-corrected chi connectivity index (χ4v) is 9.72. The molecule has 0 radical (unpaired) electrons. The summed E-state index contributed by atoms with van der Waals surface area (Å²) in [4.78, 5) is 76.0. The number of hydrogen-bond donors (Lipinski definition) is 9. The predicted molar refractivity (Wildman–Crippen MR) is 228 cm³/mol. The number of nitrogen functional groups attached to an aromatic ring is 1. The predicted octanol–water partition coefficient (Wildman–Crippen LogP) is 3.62. The lowest BCUT2D eigenvalue weighted by Gasteiger charge is -2.30. The summed E-state index contributed by atoms with van der Waals surface area (Å²) < 4.78 is 62.4. The van der Waals surface area contributed by atoms with E-state index in [1.165, 1.54) is 65.2 Å². The van der Waals surface area contributed by atoms with Crippen LogP contribution in [0.1, 0.15) is 97.6 Å². The molecule has 7 atom stereocenters. The van der Waals surface area contributed by atoms with Gasteiger partial charge in [-0.05, 0) is 31.4 Å². The third-order valence-electron chi connectivity index (χ3n) is 9.45. The second-order valence-electron chi connectivity index (χ2n) is 15.2. The molecule has 3 unspecified atom stereocenters. The number of aliphatic hydroxyl groups is 2. The number of hydrogen-bond acceptors (Lipinski definition) is 17. The van der Waals surface area contributed by atoms with Crippen LogP contribution in [0.4, 0.5) is 5.82 Å². The highest BCUT2D eigenvalue weighted by molar-refractivity contribution is 7.99. The third-order valence-corrected chi connectivity index (χ3v) is 13.6. The van der Waals surface area contributed by atoms with Gasteiger partial charge in [0.05, 0.1) is 19.5 Å². The topological polar surface area (TPSA) is 347 Å². The van der Waals surface area contributed by atoms with Gasteiger partial charge in [-0.3, -0.25) is 27.7 Å². The Labute approximate surface area is 364 Å². The molecule has 0 aliphatic carbocycles. The maximum Gasteiger partial charge on any atom is 0.481 e. The van der Waals surface area contributed by atoms with E-state index in [1.807, 2.05) is 0 Å². The van der Waals surface area contributed by atoms with Gasteiger partial charge >= 0.3 is 23.5 Å². The van der Waals surface area contributed by atoms with E-state index in [9.17, 15) is 53.1 Å². The highest BCUT2D eigenvalue weighted by Crippen LogP contribution is 2.61.